The van der Waals surface area contributed by atoms with E-state index < -0.39 is 0 Å². The fourth-order valence-corrected chi connectivity index (χ4v) is 2.84. The first kappa shape index (κ1) is 16.3. The summed E-state index contributed by atoms with van der Waals surface area (Å²) in [5.41, 5.74) is 0. The summed E-state index contributed by atoms with van der Waals surface area (Å²) in [6.45, 7) is 7.95. The SMILES string of the molecule is COCCCNC(=O)OC1CC(C)CCC1C(C)C. The number of alkyl carbamates (subject to hydrolysis) is 1. The van der Waals surface area contributed by atoms with Gasteiger partial charge in [0.1, 0.15) is 6.10 Å². The summed E-state index contributed by atoms with van der Waals surface area (Å²) in [6, 6.07) is 0. The molecule has 0 aliphatic heterocycles. The van der Waals surface area contributed by atoms with Gasteiger partial charge in [0.05, 0.1) is 0 Å². The van der Waals surface area contributed by atoms with Gasteiger partial charge in [-0.15, -0.1) is 0 Å². The molecule has 1 saturated carbocycles. The fourth-order valence-electron chi connectivity index (χ4n) is 2.84. The minimum atomic E-state index is -0.277. The van der Waals surface area contributed by atoms with Gasteiger partial charge >= 0.3 is 6.09 Å². The topological polar surface area (TPSA) is 47.6 Å². The molecule has 3 unspecified atom stereocenters. The summed E-state index contributed by atoms with van der Waals surface area (Å²) in [5, 5.41) is 2.80. The van der Waals surface area contributed by atoms with Crippen LogP contribution in [0.4, 0.5) is 4.79 Å². The molecular weight excluding hydrogens is 242 g/mol. The molecule has 0 heterocycles. The van der Waals surface area contributed by atoms with Gasteiger partial charge in [-0.25, -0.2) is 4.79 Å². The van der Waals surface area contributed by atoms with Crippen molar-refractivity contribution in [1.29, 1.82) is 0 Å². The number of rotatable bonds is 6. The molecule has 1 aliphatic carbocycles. The Bertz CT molecular complexity index is 268. The lowest BCUT2D eigenvalue weighted by Crippen LogP contribution is -2.39. The maximum absolute atomic E-state index is 11.8. The average Bonchev–Trinajstić information content (AvgIpc) is 2.34. The van der Waals surface area contributed by atoms with E-state index in [4.69, 9.17) is 9.47 Å². The second-order valence-electron chi connectivity index (χ2n) is 6.04. The molecule has 1 N–H and O–H groups in total. The number of carbonyl (C=O) groups is 1. The molecular formula is C15H29NO3. The van der Waals surface area contributed by atoms with E-state index in [1.807, 2.05) is 0 Å². The molecule has 0 aromatic heterocycles. The smallest absolute Gasteiger partial charge is 0.407 e. The van der Waals surface area contributed by atoms with Gasteiger partial charge in [0.25, 0.3) is 0 Å². The van der Waals surface area contributed by atoms with Crippen molar-refractivity contribution in [2.24, 2.45) is 17.8 Å². The fraction of sp³-hybridized carbons (Fsp3) is 0.933. The predicted molar refractivity (Wildman–Crippen MR) is 76.1 cm³/mol. The van der Waals surface area contributed by atoms with E-state index in [1.165, 1.54) is 12.8 Å². The zero-order chi connectivity index (χ0) is 14.3. The van der Waals surface area contributed by atoms with Gasteiger partial charge in [-0.2, -0.15) is 0 Å². The van der Waals surface area contributed by atoms with Crippen LogP contribution in [0.25, 0.3) is 0 Å². The summed E-state index contributed by atoms with van der Waals surface area (Å²) in [6.07, 6.45) is 4.03. The maximum Gasteiger partial charge on any atom is 0.407 e. The Hall–Kier alpha value is -0.770. The molecule has 3 atom stereocenters. The highest BCUT2D eigenvalue weighted by Gasteiger charge is 2.33. The number of hydrogen-bond acceptors (Lipinski definition) is 3. The van der Waals surface area contributed by atoms with Crippen molar-refractivity contribution in [3.05, 3.63) is 0 Å². The number of carbonyl (C=O) groups excluding carboxylic acids is 1. The summed E-state index contributed by atoms with van der Waals surface area (Å²) in [5.74, 6) is 1.72. The Morgan fingerprint density at radius 1 is 1.37 bits per heavy atom. The van der Waals surface area contributed by atoms with Crippen LogP contribution in [0.1, 0.15) is 46.5 Å². The molecule has 1 aliphatic rings. The lowest BCUT2D eigenvalue weighted by Gasteiger charge is -2.36. The lowest BCUT2D eigenvalue weighted by molar-refractivity contribution is 0.00609. The van der Waals surface area contributed by atoms with Crippen LogP contribution in [0.15, 0.2) is 0 Å². The van der Waals surface area contributed by atoms with E-state index in [0.29, 0.717) is 30.9 Å². The third-order valence-corrected chi connectivity index (χ3v) is 4.01. The Labute approximate surface area is 117 Å². The third kappa shape index (κ3) is 5.81. The minimum Gasteiger partial charge on any atom is -0.446 e. The molecule has 0 aromatic rings. The van der Waals surface area contributed by atoms with E-state index in [0.717, 1.165) is 12.8 Å². The second kappa shape index (κ2) is 8.41. The van der Waals surface area contributed by atoms with E-state index in [1.54, 1.807) is 7.11 Å². The predicted octanol–water partition coefficient (Wildman–Crippen LogP) is 3.21. The van der Waals surface area contributed by atoms with Crippen LogP contribution < -0.4 is 5.32 Å². The normalized spacial score (nSPS) is 27.3. The van der Waals surface area contributed by atoms with Crippen molar-refractivity contribution >= 4 is 6.09 Å². The molecule has 1 rings (SSSR count). The monoisotopic (exact) mass is 271 g/mol. The van der Waals surface area contributed by atoms with E-state index in [-0.39, 0.29) is 12.2 Å². The average molecular weight is 271 g/mol. The van der Waals surface area contributed by atoms with Crippen LogP contribution in [-0.2, 0) is 9.47 Å². The van der Waals surface area contributed by atoms with Crippen LogP contribution in [0.5, 0.6) is 0 Å². The van der Waals surface area contributed by atoms with Crippen LogP contribution in [-0.4, -0.2) is 32.5 Å². The molecule has 0 saturated heterocycles. The number of hydrogen-bond donors (Lipinski definition) is 1. The molecule has 0 aromatic carbocycles. The van der Waals surface area contributed by atoms with E-state index in [9.17, 15) is 4.79 Å². The first-order valence-electron chi connectivity index (χ1n) is 7.48. The number of methoxy groups -OCH3 is 1. The van der Waals surface area contributed by atoms with Crippen LogP contribution in [0.2, 0.25) is 0 Å². The zero-order valence-electron chi connectivity index (χ0n) is 12.8. The molecule has 112 valence electrons. The van der Waals surface area contributed by atoms with E-state index >= 15 is 0 Å². The van der Waals surface area contributed by atoms with Crippen molar-refractivity contribution < 1.29 is 14.3 Å². The molecule has 4 heteroatoms. The van der Waals surface area contributed by atoms with Crippen LogP contribution in [0, 0.1) is 17.8 Å². The summed E-state index contributed by atoms with van der Waals surface area (Å²) in [4.78, 5) is 11.8. The molecule has 1 amide bonds. The van der Waals surface area contributed by atoms with Crippen molar-refractivity contribution in [2.45, 2.75) is 52.6 Å². The molecule has 0 bridgehead atoms. The van der Waals surface area contributed by atoms with Crippen LogP contribution >= 0.6 is 0 Å². The maximum atomic E-state index is 11.8. The van der Waals surface area contributed by atoms with E-state index in [2.05, 4.69) is 26.1 Å². The largest absolute Gasteiger partial charge is 0.446 e. The highest BCUT2D eigenvalue weighted by Crippen LogP contribution is 2.35. The summed E-state index contributed by atoms with van der Waals surface area (Å²) < 4.78 is 10.6. The molecule has 0 spiro atoms. The van der Waals surface area contributed by atoms with Gasteiger partial charge in [0.15, 0.2) is 0 Å². The Kier molecular flexibility index (Phi) is 7.21. The molecule has 4 nitrogen and oxygen atoms in total. The van der Waals surface area contributed by atoms with Gasteiger partial charge in [0.2, 0.25) is 0 Å². The second-order valence-corrected chi connectivity index (χ2v) is 6.04. The lowest BCUT2D eigenvalue weighted by atomic mass is 9.75. The molecule has 19 heavy (non-hydrogen) atoms. The number of nitrogens with one attached hydrogen (secondary N) is 1. The third-order valence-electron chi connectivity index (χ3n) is 4.01. The summed E-state index contributed by atoms with van der Waals surface area (Å²) in [7, 11) is 1.66. The van der Waals surface area contributed by atoms with Gasteiger partial charge in [-0.05, 0) is 37.0 Å². The first-order chi connectivity index (χ1) is 9.04. The Morgan fingerprint density at radius 2 is 2.11 bits per heavy atom. The number of ether oxygens (including phenoxy) is 2. The quantitative estimate of drug-likeness (QED) is 0.755. The number of amides is 1. The van der Waals surface area contributed by atoms with Crippen molar-refractivity contribution in [3.8, 4) is 0 Å². The van der Waals surface area contributed by atoms with Gasteiger partial charge in [-0.1, -0.05) is 27.2 Å². The Morgan fingerprint density at radius 3 is 2.74 bits per heavy atom. The Balaban J connectivity index is 2.36. The van der Waals surface area contributed by atoms with Gasteiger partial charge < -0.3 is 14.8 Å². The summed E-state index contributed by atoms with van der Waals surface area (Å²) >= 11 is 0. The highest BCUT2D eigenvalue weighted by atomic mass is 16.6. The minimum absolute atomic E-state index is 0.0752. The molecule has 1 fully saturated rings. The van der Waals surface area contributed by atoms with Crippen molar-refractivity contribution in [2.75, 3.05) is 20.3 Å². The van der Waals surface area contributed by atoms with Gasteiger partial charge in [0, 0.05) is 20.3 Å². The van der Waals surface area contributed by atoms with Crippen molar-refractivity contribution in [1.82, 2.24) is 5.32 Å². The standard InChI is InChI=1S/C15H29NO3/c1-11(2)13-7-6-12(3)10-14(13)19-15(17)16-8-5-9-18-4/h11-14H,5-10H2,1-4H3,(H,16,17). The van der Waals surface area contributed by atoms with Crippen LogP contribution in [0.3, 0.4) is 0 Å². The van der Waals surface area contributed by atoms with Crippen molar-refractivity contribution in [3.63, 3.8) is 0 Å². The zero-order valence-corrected chi connectivity index (χ0v) is 12.8. The first-order valence-corrected chi connectivity index (χ1v) is 7.48. The highest BCUT2D eigenvalue weighted by molar-refractivity contribution is 5.67. The van der Waals surface area contributed by atoms with Gasteiger partial charge in [-0.3, -0.25) is 0 Å². The molecule has 0 radical (unpaired) electrons.